The average Bonchev–Trinajstić information content (AvgIpc) is 2.79. The summed E-state index contributed by atoms with van der Waals surface area (Å²) in [5.41, 5.74) is 7.40. The summed E-state index contributed by atoms with van der Waals surface area (Å²) in [7, 11) is 2.19. The van der Waals surface area contributed by atoms with Gasteiger partial charge in [0.1, 0.15) is 12.4 Å². The van der Waals surface area contributed by atoms with E-state index in [1.807, 2.05) is 0 Å². The fourth-order valence-corrected chi connectivity index (χ4v) is 5.19. The number of piperazine rings is 1. The van der Waals surface area contributed by atoms with Crippen molar-refractivity contribution in [1.29, 1.82) is 0 Å². The number of nitrogens with zero attached hydrogens (tertiary/aromatic N) is 2. The highest BCUT2D eigenvalue weighted by Crippen LogP contribution is 2.46. The standard InChI is InChI=1S/C30H42N2O/c1-23(25-9-12-27-28(22-25)30(4,5)14-13-29(27,2)3)21-24-7-10-26(11-8-24)33-20-19-32-17-15-31(6)16-18-32/h7-12,21-22H,13-20H2,1-6H3. The summed E-state index contributed by atoms with van der Waals surface area (Å²) in [5, 5.41) is 0. The van der Waals surface area contributed by atoms with Crippen LogP contribution < -0.4 is 4.74 Å². The lowest BCUT2D eigenvalue weighted by Gasteiger charge is -2.42. The summed E-state index contributed by atoms with van der Waals surface area (Å²) in [4.78, 5) is 4.87. The van der Waals surface area contributed by atoms with Gasteiger partial charge < -0.3 is 9.64 Å². The summed E-state index contributed by atoms with van der Waals surface area (Å²) in [6.45, 7) is 18.1. The van der Waals surface area contributed by atoms with Crippen molar-refractivity contribution in [2.75, 3.05) is 46.4 Å². The van der Waals surface area contributed by atoms with Gasteiger partial charge in [0.05, 0.1) is 0 Å². The molecule has 1 saturated heterocycles. The molecule has 3 heteroatoms. The van der Waals surface area contributed by atoms with E-state index in [0.29, 0.717) is 0 Å². The van der Waals surface area contributed by atoms with E-state index in [4.69, 9.17) is 4.74 Å². The lowest BCUT2D eigenvalue weighted by atomic mass is 9.63. The maximum atomic E-state index is 6.01. The van der Waals surface area contributed by atoms with Gasteiger partial charge in [0.15, 0.2) is 0 Å². The lowest BCUT2D eigenvalue weighted by molar-refractivity contribution is 0.134. The number of benzene rings is 2. The zero-order valence-corrected chi connectivity index (χ0v) is 21.6. The maximum Gasteiger partial charge on any atom is 0.119 e. The number of likely N-dealkylation sites (N-methyl/N-ethyl adjacent to an activating group) is 1. The molecular weight excluding hydrogens is 404 g/mol. The number of rotatable bonds is 6. The molecule has 1 aliphatic heterocycles. The summed E-state index contributed by atoms with van der Waals surface area (Å²) >= 11 is 0. The van der Waals surface area contributed by atoms with Crippen LogP contribution in [-0.2, 0) is 10.8 Å². The average molecular weight is 447 g/mol. The van der Waals surface area contributed by atoms with Crippen molar-refractivity contribution in [1.82, 2.24) is 9.80 Å². The van der Waals surface area contributed by atoms with Crippen molar-refractivity contribution in [3.05, 3.63) is 64.7 Å². The summed E-state index contributed by atoms with van der Waals surface area (Å²) in [6.07, 6.45) is 4.79. The Morgan fingerprint density at radius 3 is 2.18 bits per heavy atom. The van der Waals surface area contributed by atoms with E-state index in [0.717, 1.165) is 45.1 Å². The minimum absolute atomic E-state index is 0.240. The second kappa shape index (κ2) is 9.64. The van der Waals surface area contributed by atoms with Crippen molar-refractivity contribution in [2.24, 2.45) is 0 Å². The number of ether oxygens (including phenoxy) is 1. The molecule has 0 N–H and O–H groups in total. The van der Waals surface area contributed by atoms with Crippen LogP contribution in [0.3, 0.4) is 0 Å². The molecule has 1 fully saturated rings. The number of hydrogen-bond donors (Lipinski definition) is 0. The van der Waals surface area contributed by atoms with Crippen molar-refractivity contribution in [2.45, 2.75) is 58.3 Å². The molecule has 0 aromatic heterocycles. The molecular formula is C30H42N2O. The van der Waals surface area contributed by atoms with Crippen molar-refractivity contribution < 1.29 is 4.74 Å². The first-order valence-electron chi connectivity index (χ1n) is 12.6. The van der Waals surface area contributed by atoms with Crippen LogP contribution in [0.2, 0.25) is 0 Å². The van der Waals surface area contributed by atoms with E-state index < -0.39 is 0 Å². The Balaban J connectivity index is 1.40. The van der Waals surface area contributed by atoms with Gasteiger partial charge in [-0.3, -0.25) is 4.90 Å². The van der Waals surface area contributed by atoms with Gasteiger partial charge >= 0.3 is 0 Å². The molecule has 178 valence electrons. The lowest BCUT2D eigenvalue weighted by Crippen LogP contribution is -2.45. The smallest absolute Gasteiger partial charge is 0.119 e. The minimum Gasteiger partial charge on any atom is -0.492 e. The molecule has 0 saturated carbocycles. The molecule has 1 heterocycles. The molecule has 0 radical (unpaired) electrons. The first-order valence-corrected chi connectivity index (χ1v) is 12.6. The zero-order valence-electron chi connectivity index (χ0n) is 21.6. The normalized spacial score (nSPS) is 21.0. The molecule has 2 aromatic rings. The first kappa shape index (κ1) is 24.0. The van der Waals surface area contributed by atoms with Crippen LogP contribution in [0.25, 0.3) is 11.6 Å². The fraction of sp³-hybridized carbons (Fsp3) is 0.533. The maximum absolute atomic E-state index is 6.01. The predicted molar refractivity (Wildman–Crippen MR) is 141 cm³/mol. The van der Waals surface area contributed by atoms with Gasteiger partial charge in [0, 0.05) is 32.7 Å². The van der Waals surface area contributed by atoms with Crippen LogP contribution in [0.4, 0.5) is 0 Å². The first-order chi connectivity index (χ1) is 15.6. The molecule has 0 spiro atoms. The highest BCUT2D eigenvalue weighted by molar-refractivity contribution is 5.80. The summed E-state index contributed by atoms with van der Waals surface area (Å²) < 4.78 is 6.01. The quantitative estimate of drug-likeness (QED) is 0.490. The Morgan fingerprint density at radius 1 is 0.879 bits per heavy atom. The predicted octanol–water partition coefficient (Wildman–Crippen LogP) is 6.22. The second-order valence-electron chi connectivity index (χ2n) is 11.4. The highest BCUT2D eigenvalue weighted by atomic mass is 16.5. The van der Waals surface area contributed by atoms with E-state index in [1.165, 1.54) is 40.7 Å². The van der Waals surface area contributed by atoms with Gasteiger partial charge in [-0.1, -0.05) is 64.1 Å². The van der Waals surface area contributed by atoms with E-state index in [1.54, 1.807) is 0 Å². The molecule has 0 bridgehead atoms. The summed E-state index contributed by atoms with van der Waals surface area (Å²) in [6, 6.07) is 15.7. The van der Waals surface area contributed by atoms with Gasteiger partial charge in [-0.05, 0) is 77.6 Å². The molecule has 2 aliphatic rings. The largest absolute Gasteiger partial charge is 0.492 e. The summed E-state index contributed by atoms with van der Waals surface area (Å²) in [5.74, 6) is 0.955. The monoisotopic (exact) mass is 446 g/mol. The van der Waals surface area contributed by atoms with Crippen molar-refractivity contribution in [3.63, 3.8) is 0 Å². The van der Waals surface area contributed by atoms with Gasteiger partial charge in [0.2, 0.25) is 0 Å². The zero-order chi connectivity index (χ0) is 23.6. The van der Waals surface area contributed by atoms with Crippen LogP contribution in [0.15, 0.2) is 42.5 Å². The Kier molecular flexibility index (Phi) is 7.02. The van der Waals surface area contributed by atoms with E-state index in [-0.39, 0.29) is 10.8 Å². The second-order valence-corrected chi connectivity index (χ2v) is 11.4. The van der Waals surface area contributed by atoms with Crippen LogP contribution in [-0.4, -0.2) is 56.2 Å². The van der Waals surface area contributed by atoms with E-state index in [2.05, 4.69) is 100 Å². The Morgan fingerprint density at radius 2 is 1.52 bits per heavy atom. The minimum atomic E-state index is 0.240. The van der Waals surface area contributed by atoms with Crippen molar-refractivity contribution in [3.8, 4) is 5.75 Å². The fourth-order valence-electron chi connectivity index (χ4n) is 5.19. The number of hydrogen-bond acceptors (Lipinski definition) is 3. The van der Waals surface area contributed by atoms with E-state index in [9.17, 15) is 0 Å². The molecule has 33 heavy (non-hydrogen) atoms. The SMILES string of the molecule is CC(=Cc1ccc(OCCN2CCN(C)CC2)cc1)c1ccc2c(c1)C(C)(C)CCC2(C)C. The molecule has 4 rings (SSSR count). The number of fused-ring (bicyclic) bond motifs is 1. The van der Waals surface area contributed by atoms with Gasteiger partial charge in [-0.25, -0.2) is 0 Å². The van der Waals surface area contributed by atoms with E-state index >= 15 is 0 Å². The van der Waals surface area contributed by atoms with Crippen molar-refractivity contribution >= 4 is 11.6 Å². The molecule has 0 amide bonds. The van der Waals surface area contributed by atoms with Crippen LogP contribution >= 0.6 is 0 Å². The topological polar surface area (TPSA) is 15.7 Å². The van der Waals surface area contributed by atoms with Crippen LogP contribution in [0.5, 0.6) is 5.75 Å². The molecule has 0 unspecified atom stereocenters. The molecule has 2 aromatic carbocycles. The molecule has 1 aliphatic carbocycles. The molecule has 3 nitrogen and oxygen atoms in total. The Labute approximate surface area is 201 Å². The van der Waals surface area contributed by atoms with Crippen LogP contribution in [0.1, 0.15) is 69.7 Å². The van der Waals surface area contributed by atoms with Crippen LogP contribution in [0, 0.1) is 0 Å². The van der Waals surface area contributed by atoms with Gasteiger partial charge in [0.25, 0.3) is 0 Å². The highest BCUT2D eigenvalue weighted by Gasteiger charge is 2.36. The third-order valence-corrected chi connectivity index (χ3v) is 7.84. The molecule has 0 atom stereocenters. The number of allylic oxidation sites excluding steroid dienone is 1. The van der Waals surface area contributed by atoms with Gasteiger partial charge in [-0.2, -0.15) is 0 Å². The third-order valence-electron chi connectivity index (χ3n) is 7.84. The Hall–Kier alpha value is -2.10. The Bertz CT molecular complexity index is 979. The van der Waals surface area contributed by atoms with Gasteiger partial charge in [-0.15, -0.1) is 0 Å². The third kappa shape index (κ3) is 5.70.